The Balaban J connectivity index is 0.000000260. The van der Waals surface area contributed by atoms with Crippen molar-refractivity contribution >= 4 is 63.3 Å². The summed E-state index contributed by atoms with van der Waals surface area (Å²) in [4.78, 5) is 47.7. The van der Waals surface area contributed by atoms with Gasteiger partial charge in [0.05, 0.1) is 32.4 Å². The first-order chi connectivity index (χ1) is 22.9. The normalized spacial score (nSPS) is 12.2. The average molecular weight is 694 g/mol. The maximum Gasteiger partial charge on any atom is 0.411 e. The molecule has 3 amide bonds. The first-order valence-electron chi connectivity index (χ1n) is 14.2. The third-order valence-corrected chi connectivity index (χ3v) is 9.00. The zero-order chi connectivity index (χ0) is 35.2. The van der Waals surface area contributed by atoms with Gasteiger partial charge in [-0.2, -0.15) is 0 Å². The number of esters is 1. The van der Waals surface area contributed by atoms with Crippen LogP contribution < -0.4 is 27.4 Å². The first kappa shape index (κ1) is 37.6. The summed E-state index contributed by atoms with van der Waals surface area (Å²) >= 11 is -2.86. The first-order valence-corrected chi connectivity index (χ1v) is 16.5. The van der Waals surface area contributed by atoms with Gasteiger partial charge in [0.15, 0.2) is 19.6 Å². The summed E-state index contributed by atoms with van der Waals surface area (Å²) in [7, 11) is 2.57. The van der Waals surface area contributed by atoms with Gasteiger partial charge in [0.2, 0.25) is 11.8 Å². The average Bonchev–Trinajstić information content (AvgIpc) is 3.11. The Hall–Kier alpha value is -4.90. The molecule has 252 valence electrons. The van der Waals surface area contributed by atoms with Crippen molar-refractivity contribution in [2.24, 2.45) is 11.5 Å². The highest BCUT2D eigenvalue weighted by Gasteiger charge is 2.18. The van der Waals surface area contributed by atoms with Crippen molar-refractivity contribution < 1.29 is 37.8 Å². The molecule has 0 fully saturated rings. The fourth-order valence-electron chi connectivity index (χ4n) is 3.78. The van der Waals surface area contributed by atoms with Crippen LogP contribution in [0.15, 0.2) is 117 Å². The lowest BCUT2D eigenvalue weighted by Gasteiger charge is -2.12. The van der Waals surface area contributed by atoms with E-state index in [2.05, 4.69) is 25.4 Å². The number of hydrogen-bond donors (Lipinski definition) is 5. The number of carbonyl (C=O) groups excluding carboxylic acids is 4. The SMILES string of the molecule is COC(=O)Nc1ccc([S+]([O-])c2cccc(NC(=O)CN)c2)cc1.COC(=O)c1ccc([S+]([O-])c2cccc(NC(=O)C(C)N)c2)cc1. The summed E-state index contributed by atoms with van der Waals surface area (Å²) in [5.74, 6) is -1.09. The molecule has 4 aromatic rings. The van der Waals surface area contributed by atoms with E-state index in [-0.39, 0.29) is 18.4 Å². The van der Waals surface area contributed by atoms with Crippen LogP contribution in [0.25, 0.3) is 0 Å². The molecule has 15 heteroatoms. The van der Waals surface area contributed by atoms with Gasteiger partial charge >= 0.3 is 12.1 Å². The van der Waals surface area contributed by atoms with Gasteiger partial charge in [0, 0.05) is 51.5 Å². The Morgan fingerprint density at radius 1 is 0.688 bits per heavy atom. The highest BCUT2D eigenvalue weighted by Crippen LogP contribution is 2.25. The molecule has 0 saturated heterocycles. The van der Waals surface area contributed by atoms with Crippen molar-refractivity contribution in [2.45, 2.75) is 32.5 Å². The van der Waals surface area contributed by atoms with Gasteiger partial charge < -0.3 is 40.7 Å². The van der Waals surface area contributed by atoms with Gasteiger partial charge in [0.1, 0.15) is 0 Å². The minimum atomic E-state index is -1.44. The second-order valence-electron chi connectivity index (χ2n) is 9.78. The van der Waals surface area contributed by atoms with Crippen LogP contribution in [0.5, 0.6) is 0 Å². The number of hydrogen-bond acceptors (Lipinski definition) is 10. The third kappa shape index (κ3) is 11.1. The van der Waals surface area contributed by atoms with Crippen molar-refractivity contribution in [1.82, 2.24) is 0 Å². The molecule has 0 radical (unpaired) electrons. The van der Waals surface area contributed by atoms with Crippen LogP contribution >= 0.6 is 0 Å². The van der Waals surface area contributed by atoms with Gasteiger partial charge in [-0.3, -0.25) is 14.9 Å². The van der Waals surface area contributed by atoms with Gasteiger partial charge in [-0.05, 0) is 79.7 Å². The van der Waals surface area contributed by atoms with E-state index in [1.807, 2.05) is 0 Å². The van der Waals surface area contributed by atoms with E-state index in [1.54, 1.807) is 104 Å². The van der Waals surface area contributed by atoms with Crippen molar-refractivity contribution in [3.8, 4) is 0 Å². The molecular formula is C33H35N5O8S2. The molecule has 4 aromatic carbocycles. The molecule has 0 aliphatic heterocycles. The summed E-state index contributed by atoms with van der Waals surface area (Å²) in [5, 5.41) is 7.79. The number of anilines is 3. The van der Waals surface area contributed by atoms with Crippen LogP contribution in [0.4, 0.5) is 21.9 Å². The van der Waals surface area contributed by atoms with Gasteiger partial charge in [-0.25, -0.2) is 9.59 Å². The molecule has 3 atom stereocenters. The summed E-state index contributed by atoms with van der Waals surface area (Å²) in [5.41, 5.74) is 12.7. The Kier molecular flexibility index (Phi) is 14.4. The molecule has 0 aromatic heterocycles. The van der Waals surface area contributed by atoms with Crippen LogP contribution in [0.3, 0.4) is 0 Å². The molecule has 48 heavy (non-hydrogen) atoms. The molecule has 0 saturated carbocycles. The van der Waals surface area contributed by atoms with E-state index < -0.39 is 40.5 Å². The molecule has 0 heterocycles. The monoisotopic (exact) mass is 693 g/mol. The molecule has 0 spiro atoms. The van der Waals surface area contributed by atoms with Crippen LogP contribution in [-0.4, -0.2) is 59.8 Å². The second kappa shape index (κ2) is 18.4. The van der Waals surface area contributed by atoms with Crippen molar-refractivity contribution in [3.05, 3.63) is 103 Å². The van der Waals surface area contributed by atoms with Crippen molar-refractivity contribution in [3.63, 3.8) is 0 Å². The molecule has 3 unspecified atom stereocenters. The molecule has 0 aliphatic rings. The van der Waals surface area contributed by atoms with Crippen molar-refractivity contribution in [2.75, 3.05) is 36.7 Å². The Bertz CT molecular complexity index is 1710. The van der Waals surface area contributed by atoms with E-state index in [0.29, 0.717) is 42.2 Å². The van der Waals surface area contributed by atoms with E-state index in [9.17, 15) is 28.3 Å². The predicted molar refractivity (Wildman–Crippen MR) is 182 cm³/mol. The van der Waals surface area contributed by atoms with Crippen LogP contribution in [-0.2, 0) is 41.4 Å². The molecule has 0 aliphatic carbocycles. The topological polar surface area (TPSA) is 221 Å². The number of ether oxygens (including phenoxy) is 2. The highest BCUT2D eigenvalue weighted by molar-refractivity contribution is 7.91. The summed E-state index contributed by atoms with van der Waals surface area (Å²) in [6.07, 6.45) is -0.577. The number of methoxy groups -OCH3 is 2. The van der Waals surface area contributed by atoms with Gasteiger partial charge in [-0.1, -0.05) is 12.1 Å². The Labute approximate surface area is 283 Å². The molecule has 13 nitrogen and oxygen atoms in total. The number of carbonyl (C=O) groups is 4. The minimum absolute atomic E-state index is 0.123. The van der Waals surface area contributed by atoms with E-state index in [0.717, 1.165) is 0 Å². The van der Waals surface area contributed by atoms with Crippen LogP contribution in [0.2, 0.25) is 0 Å². The standard InChI is InChI=1S/C17H18N2O4S.C16H17N3O4S/c1-11(18)16(20)19-13-4-3-5-15(10-13)24(22)14-8-6-12(7-9-14)17(21)23-2;1-23-16(21)19-11-5-7-13(8-6-11)24(22)14-4-2-3-12(9-14)18-15(20)10-17/h3-11H,18H2,1-2H3,(H,19,20);2-9H,10,17H2,1H3,(H,18,20)(H,19,21). The van der Waals surface area contributed by atoms with E-state index >= 15 is 0 Å². The third-order valence-electron chi connectivity index (χ3n) is 6.24. The summed E-state index contributed by atoms with van der Waals surface area (Å²) in [6, 6.07) is 25.7. The van der Waals surface area contributed by atoms with Gasteiger partial charge in [0.25, 0.3) is 0 Å². The number of amides is 3. The zero-order valence-electron chi connectivity index (χ0n) is 26.3. The maximum atomic E-state index is 12.6. The lowest BCUT2D eigenvalue weighted by Crippen LogP contribution is -2.32. The fourth-order valence-corrected chi connectivity index (χ4v) is 5.97. The largest absolute Gasteiger partial charge is 0.606 e. The van der Waals surface area contributed by atoms with E-state index in [1.165, 1.54) is 14.2 Å². The second-order valence-corrected chi connectivity index (χ2v) is 12.7. The molecular weight excluding hydrogens is 659 g/mol. The number of rotatable bonds is 10. The fraction of sp³-hybridized carbons (Fsp3) is 0.152. The Morgan fingerprint density at radius 3 is 1.65 bits per heavy atom. The molecule has 0 bridgehead atoms. The van der Waals surface area contributed by atoms with E-state index in [4.69, 9.17) is 11.5 Å². The zero-order valence-corrected chi connectivity index (χ0v) is 27.9. The summed E-state index contributed by atoms with van der Waals surface area (Å²) < 4.78 is 34.4. The Morgan fingerprint density at radius 2 is 1.19 bits per heavy atom. The van der Waals surface area contributed by atoms with Crippen LogP contribution in [0, 0.1) is 0 Å². The number of nitrogens with one attached hydrogen (secondary N) is 3. The smallest absolute Gasteiger partial charge is 0.411 e. The summed E-state index contributed by atoms with van der Waals surface area (Å²) in [6.45, 7) is 1.46. The molecule has 7 N–H and O–H groups in total. The predicted octanol–water partition coefficient (Wildman–Crippen LogP) is 3.85. The highest BCUT2D eigenvalue weighted by atomic mass is 32.2. The quantitative estimate of drug-likeness (QED) is 0.119. The molecule has 4 rings (SSSR count). The maximum absolute atomic E-state index is 12.6. The number of nitrogens with two attached hydrogens (primary N) is 2. The lowest BCUT2D eigenvalue weighted by molar-refractivity contribution is -0.117. The van der Waals surface area contributed by atoms with Crippen LogP contribution in [0.1, 0.15) is 17.3 Å². The lowest BCUT2D eigenvalue weighted by atomic mass is 10.2. The van der Waals surface area contributed by atoms with Gasteiger partial charge in [-0.15, -0.1) is 0 Å². The minimum Gasteiger partial charge on any atom is -0.606 e. The number of benzene rings is 4. The van der Waals surface area contributed by atoms with Crippen molar-refractivity contribution in [1.29, 1.82) is 0 Å².